The Morgan fingerprint density at radius 1 is 0.405 bits per heavy atom. The van der Waals surface area contributed by atoms with Crippen LogP contribution < -0.4 is 5.32 Å². The largest absolute Gasteiger partial charge is 0.472 e. The van der Waals surface area contributed by atoms with Gasteiger partial charge in [-0.05, 0) is 12.8 Å². The molecule has 0 bridgehead atoms. The zero-order valence-electron chi connectivity index (χ0n) is 50.9. The van der Waals surface area contributed by atoms with Crippen LogP contribution in [0.25, 0.3) is 0 Å². The second-order valence-electron chi connectivity index (χ2n) is 24.6. The van der Waals surface area contributed by atoms with Crippen molar-refractivity contribution in [2.75, 3.05) is 40.9 Å². The first-order chi connectivity index (χ1) is 36.0. The number of phosphoric ester groups is 1. The molecule has 3 atom stereocenters. The van der Waals surface area contributed by atoms with Crippen molar-refractivity contribution >= 4 is 13.7 Å². The summed E-state index contributed by atoms with van der Waals surface area (Å²) in [4.78, 5) is 23.4. The van der Waals surface area contributed by atoms with Crippen molar-refractivity contribution in [3.63, 3.8) is 0 Å². The highest BCUT2D eigenvalue weighted by atomic mass is 31.2. The average molecular weight is 1070 g/mol. The Kier molecular flexibility index (Phi) is 56.8. The molecule has 0 fully saturated rings. The molecule has 74 heavy (non-hydrogen) atoms. The number of carbonyl (C=O) groups is 1. The van der Waals surface area contributed by atoms with E-state index in [1.54, 1.807) is 0 Å². The quantitative estimate of drug-likeness (QED) is 0.0318. The molecule has 3 unspecified atom stereocenters. The molecule has 0 aromatic heterocycles. The molecule has 9 heteroatoms. The lowest BCUT2D eigenvalue weighted by atomic mass is 10.0. The van der Waals surface area contributed by atoms with Crippen LogP contribution in [0.1, 0.15) is 361 Å². The fraction of sp³-hybridized carbons (Fsp3) is 0.985. The number of hydrogen-bond donors (Lipinski definition) is 3. The second-order valence-corrected chi connectivity index (χ2v) is 26.0. The van der Waals surface area contributed by atoms with Crippen molar-refractivity contribution in [2.24, 2.45) is 0 Å². The Morgan fingerprint density at radius 2 is 0.649 bits per heavy atom. The monoisotopic (exact) mass is 1070 g/mol. The van der Waals surface area contributed by atoms with Gasteiger partial charge in [0.15, 0.2) is 0 Å². The summed E-state index contributed by atoms with van der Waals surface area (Å²) in [5, 5.41) is 14.1. The molecule has 0 aliphatic rings. The van der Waals surface area contributed by atoms with Gasteiger partial charge in [0, 0.05) is 6.42 Å². The van der Waals surface area contributed by atoms with Crippen LogP contribution in [0.4, 0.5) is 0 Å². The molecule has 0 aliphatic heterocycles. The van der Waals surface area contributed by atoms with Crippen LogP contribution in [-0.4, -0.2) is 73.4 Å². The molecular formula is C65H134N2O6P+. The minimum absolute atomic E-state index is 0.0794. The van der Waals surface area contributed by atoms with E-state index in [-0.39, 0.29) is 19.1 Å². The Bertz CT molecular complexity index is 1170. The van der Waals surface area contributed by atoms with E-state index in [4.69, 9.17) is 9.05 Å². The number of rotatable bonds is 63. The number of nitrogens with zero attached hydrogens (tertiary/aromatic N) is 1. The number of aliphatic hydroxyl groups is 1. The van der Waals surface area contributed by atoms with E-state index in [1.165, 1.54) is 295 Å². The van der Waals surface area contributed by atoms with E-state index in [0.717, 1.165) is 38.5 Å². The van der Waals surface area contributed by atoms with E-state index >= 15 is 0 Å². The van der Waals surface area contributed by atoms with Crippen molar-refractivity contribution in [3.8, 4) is 0 Å². The summed E-state index contributed by atoms with van der Waals surface area (Å²) in [6.07, 6.45) is 70.5. The summed E-state index contributed by atoms with van der Waals surface area (Å²) in [7, 11) is 1.64. The number of quaternary nitrogens is 1. The van der Waals surface area contributed by atoms with Crippen molar-refractivity contribution < 1.29 is 32.9 Å². The van der Waals surface area contributed by atoms with Gasteiger partial charge in [-0.25, -0.2) is 4.57 Å². The third kappa shape index (κ3) is 59.2. The minimum Gasteiger partial charge on any atom is -0.391 e. The summed E-state index contributed by atoms with van der Waals surface area (Å²) in [5.41, 5.74) is 0. The predicted molar refractivity (Wildman–Crippen MR) is 323 cm³/mol. The molecule has 0 aromatic rings. The number of phosphoric acid groups is 1. The van der Waals surface area contributed by atoms with E-state index in [2.05, 4.69) is 19.2 Å². The van der Waals surface area contributed by atoms with Gasteiger partial charge in [0.1, 0.15) is 13.2 Å². The van der Waals surface area contributed by atoms with Crippen molar-refractivity contribution in [1.82, 2.24) is 5.32 Å². The van der Waals surface area contributed by atoms with E-state index < -0.39 is 20.0 Å². The highest BCUT2D eigenvalue weighted by Gasteiger charge is 2.28. The summed E-state index contributed by atoms with van der Waals surface area (Å²) in [5.74, 6) is -0.134. The standard InChI is InChI=1S/C65H133N2O6P/c1-6-8-10-12-14-16-18-20-22-24-26-28-30-31-32-33-34-35-37-38-40-42-44-46-48-50-52-54-56-58-64(68)63(62-73-74(70,71)72-61-60-67(3,4)5)66-65(69)59-57-55-53-51-49-47-45-43-41-39-36-29-27-25-23-21-19-17-15-13-11-9-7-2/h63-64,68H,6-62H2,1-5H3,(H-,66,69,70,71)/p+1. The molecular weight excluding hydrogens is 936 g/mol. The molecule has 0 spiro atoms. The summed E-state index contributed by atoms with van der Waals surface area (Å²) in [6, 6.07) is -0.756. The SMILES string of the molecule is CCCCCCCCCCCCCCCCCCCCCCCCCCCCCCCC(O)C(COP(=O)(O)OCC[N+](C)(C)C)NC(=O)CCCCCCCCCCCCCCCCCCCCCCCCC. The van der Waals surface area contributed by atoms with Crippen LogP contribution in [-0.2, 0) is 18.4 Å². The predicted octanol–water partition coefficient (Wildman–Crippen LogP) is 20.8. The normalized spacial score (nSPS) is 13.7. The molecule has 0 aromatic carbocycles. The molecule has 1 amide bonds. The third-order valence-electron chi connectivity index (χ3n) is 15.9. The first-order valence-corrected chi connectivity index (χ1v) is 34.9. The molecule has 0 saturated carbocycles. The molecule has 3 N–H and O–H groups in total. The fourth-order valence-corrected chi connectivity index (χ4v) is 11.4. The van der Waals surface area contributed by atoms with Gasteiger partial charge in [-0.2, -0.15) is 0 Å². The minimum atomic E-state index is -4.32. The maximum atomic E-state index is 13.0. The average Bonchev–Trinajstić information content (AvgIpc) is 3.36. The fourth-order valence-electron chi connectivity index (χ4n) is 10.6. The molecule has 0 heterocycles. The molecule has 0 rings (SSSR count). The van der Waals surface area contributed by atoms with E-state index in [0.29, 0.717) is 23.9 Å². The highest BCUT2D eigenvalue weighted by molar-refractivity contribution is 7.47. The zero-order valence-corrected chi connectivity index (χ0v) is 51.8. The number of hydrogen-bond acceptors (Lipinski definition) is 5. The maximum absolute atomic E-state index is 13.0. The number of aliphatic hydroxyl groups excluding tert-OH is 1. The first kappa shape index (κ1) is 73.5. The Hall–Kier alpha value is -0.500. The van der Waals surface area contributed by atoms with E-state index in [1.807, 2.05) is 21.1 Å². The van der Waals surface area contributed by atoms with Crippen LogP contribution in [0.15, 0.2) is 0 Å². The Morgan fingerprint density at radius 3 is 0.905 bits per heavy atom. The van der Waals surface area contributed by atoms with Gasteiger partial charge in [0.25, 0.3) is 0 Å². The van der Waals surface area contributed by atoms with Crippen molar-refractivity contribution in [3.05, 3.63) is 0 Å². The van der Waals surface area contributed by atoms with Gasteiger partial charge >= 0.3 is 7.82 Å². The third-order valence-corrected chi connectivity index (χ3v) is 16.8. The first-order valence-electron chi connectivity index (χ1n) is 33.4. The van der Waals surface area contributed by atoms with Gasteiger partial charge in [0.05, 0.1) is 39.9 Å². The van der Waals surface area contributed by atoms with Gasteiger partial charge in [0.2, 0.25) is 5.91 Å². The number of amides is 1. The molecule has 0 aliphatic carbocycles. The van der Waals surface area contributed by atoms with Gasteiger partial charge in [-0.3, -0.25) is 13.8 Å². The summed E-state index contributed by atoms with van der Waals surface area (Å²) >= 11 is 0. The van der Waals surface area contributed by atoms with E-state index in [9.17, 15) is 19.4 Å². The number of nitrogens with one attached hydrogen (secondary N) is 1. The summed E-state index contributed by atoms with van der Waals surface area (Å²) in [6.45, 7) is 4.96. The van der Waals surface area contributed by atoms with Crippen LogP contribution in [0, 0.1) is 0 Å². The lowest BCUT2D eigenvalue weighted by Crippen LogP contribution is -2.46. The van der Waals surface area contributed by atoms with Crippen LogP contribution in [0.3, 0.4) is 0 Å². The smallest absolute Gasteiger partial charge is 0.391 e. The van der Waals surface area contributed by atoms with Gasteiger partial charge in [-0.15, -0.1) is 0 Å². The van der Waals surface area contributed by atoms with Crippen LogP contribution in [0.5, 0.6) is 0 Å². The molecule has 444 valence electrons. The number of likely N-dealkylation sites (N-methyl/N-ethyl adjacent to an activating group) is 1. The Balaban J connectivity index is 4.02. The van der Waals surface area contributed by atoms with Crippen molar-refractivity contribution in [2.45, 2.75) is 373 Å². The van der Waals surface area contributed by atoms with Gasteiger partial charge in [-0.1, -0.05) is 341 Å². The topological polar surface area (TPSA) is 105 Å². The molecule has 0 saturated heterocycles. The van der Waals surface area contributed by atoms with Crippen LogP contribution >= 0.6 is 7.82 Å². The second kappa shape index (κ2) is 57.2. The van der Waals surface area contributed by atoms with Crippen LogP contribution in [0.2, 0.25) is 0 Å². The summed E-state index contributed by atoms with van der Waals surface area (Å²) < 4.78 is 23.9. The lowest BCUT2D eigenvalue weighted by molar-refractivity contribution is -0.870. The lowest BCUT2D eigenvalue weighted by Gasteiger charge is -2.26. The Labute approximate surface area is 463 Å². The number of unbranched alkanes of at least 4 members (excludes halogenated alkanes) is 50. The molecule has 0 radical (unpaired) electrons. The molecule has 8 nitrogen and oxygen atoms in total. The number of carbonyl (C=O) groups excluding carboxylic acids is 1. The van der Waals surface area contributed by atoms with Crippen molar-refractivity contribution in [1.29, 1.82) is 0 Å². The highest BCUT2D eigenvalue weighted by Crippen LogP contribution is 2.43. The maximum Gasteiger partial charge on any atom is 0.472 e. The van der Waals surface area contributed by atoms with Gasteiger partial charge < -0.3 is 19.8 Å². The zero-order chi connectivity index (χ0) is 54.2.